The smallest absolute Gasteiger partial charge is 0.306 e. The van der Waals surface area contributed by atoms with Crippen molar-refractivity contribution in [3.05, 3.63) is 73.6 Å². The van der Waals surface area contributed by atoms with Crippen molar-refractivity contribution < 1.29 is 24.2 Å². The van der Waals surface area contributed by atoms with Gasteiger partial charge in [0.15, 0.2) is 5.76 Å². The number of hydrogen-bond donors (Lipinski definition) is 2. The van der Waals surface area contributed by atoms with Gasteiger partial charge in [-0.15, -0.1) is 0 Å². The molecule has 1 aliphatic rings. The van der Waals surface area contributed by atoms with Crippen LogP contribution in [0.4, 0.5) is 0 Å². The third-order valence-corrected chi connectivity index (χ3v) is 5.58. The molecular weight excluding hydrogens is 402 g/mol. The second-order valence-corrected chi connectivity index (χ2v) is 7.52. The Bertz CT molecular complexity index is 1270. The average molecular weight is 425 g/mol. The molecule has 162 valence electrons. The van der Waals surface area contributed by atoms with Crippen LogP contribution in [0.3, 0.4) is 0 Å². The summed E-state index contributed by atoms with van der Waals surface area (Å²) >= 11 is 0. The maximum atomic E-state index is 13.5. The molecule has 0 fully saturated rings. The summed E-state index contributed by atoms with van der Waals surface area (Å²) < 4.78 is 12.3. The summed E-state index contributed by atoms with van der Waals surface area (Å²) in [5.74, 6) is -2.66. The number of hydrogen-bond acceptors (Lipinski definition) is 7. The molecule has 0 saturated heterocycles. The molecule has 4 rings (SSSR count). The molecule has 0 aliphatic carbocycles. The maximum absolute atomic E-state index is 13.5. The van der Waals surface area contributed by atoms with E-state index in [0.717, 1.165) is 35.4 Å². The van der Waals surface area contributed by atoms with Gasteiger partial charge in [0.05, 0.1) is 24.5 Å². The molecular formula is C23H23NO7. The number of aryl methyl sites for hydroxylation is 2. The quantitative estimate of drug-likeness (QED) is 0.581. The number of aromatic nitrogens is 1. The Morgan fingerprint density at radius 3 is 2.84 bits per heavy atom. The number of aliphatic hydroxyl groups is 1. The minimum Gasteiger partial charge on any atom is -0.502 e. The van der Waals surface area contributed by atoms with E-state index in [1.165, 1.54) is 0 Å². The fourth-order valence-corrected chi connectivity index (χ4v) is 4.24. The van der Waals surface area contributed by atoms with Gasteiger partial charge in [-0.2, -0.15) is 0 Å². The largest absolute Gasteiger partial charge is 0.502 e. The molecule has 2 aromatic heterocycles. The van der Waals surface area contributed by atoms with Gasteiger partial charge in [0.1, 0.15) is 12.4 Å². The van der Waals surface area contributed by atoms with Crippen LogP contribution in [0, 0.1) is 0 Å². The first-order valence-electron chi connectivity index (χ1n) is 10.2. The number of ether oxygens (including phenoxy) is 1. The number of benzene rings is 1. The van der Waals surface area contributed by atoms with Gasteiger partial charge in [-0.1, -0.05) is 18.2 Å². The molecule has 8 heteroatoms. The van der Waals surface area contributed by atoms with E-state index >= 15 is 0 Å². The lowest BCUT2D eigenvalue weighted by atomic mass is 9.90. The zero-order chi connectivity index (χ0) is 22.1. The van der Waals surface area contributed by atoms with Crippen LogP contribution in [0.5, 0.6) is 5.75 Å². The Kier molecular flexibility index (Phi) is 5.65. The number of pyridine rings is 1. The molecule has 0 radical (unpaired) electrons. The normalized spacial score (nSPS) is 13.9. The summed E-state index contributed by atoms with van der Waals surface area (Å²) in [6, 6.07) is 8.43. The molecule has 2 N–H and O–H groups in total. The minimum absolute atomic E-state index is 0.0730. The number of nitrogens with zero attached hydrogens (tertiary/aromatic N) is 1. The highest BCUT2D eigenvalue weighted by atomic mass is 16.5. The molecule has 0 bridgehead atoms. The number of carbonyl (C=O) groups excluding carboxylic acids is 1. The number of aromatic hydroxyl groups is 1. The molecule has 0 spiro atoms. The Labute approximate surface area is 177 Å². The second kappa shape index (κ2) is 8.39. The Morgan fingerprint density at radius 2 is 2.10 bits per heavy atom. The third-order valence-electron chi connectivity index (χ3n) is 5.58. The first-order valence-corrected chi connectivity index (χ1v) is 10.2. The minimum atomic E-state index is -1.05. The number of carbonyl (C=O) groups is 1. The van der Waals surface area contributed by atoms with E-state index in [0.29, 0.717) is 6.54 Å². The van der Waals surface area contributed by atoms with Gasteiger partial charge in [-0.25, -0.2) is 0 Å². The standard InChI is InChI=1S/C23H23NO7/c1-2-30-19(27)11-16(22-21(28)18(26)10-15(12-25)31-22)17-9-14-6-3-5-13-7-4-8-24(20(13)14)23(17)29/h3,5-6,9-10,16,25,28H,2,4,7-8,11-12H2,1H3/t16-/m0/s1. The number of aliphatic hydroxyl groups excluding tert-OH is 1. The van der Waals surface area contributed by atoms with Gasteiger partial charge < -0.3 is 23.9 Å². The topological polar surface area (TPSA) is 119 Å². The molecule has 8 nitrogen and oxygen atoms in total. The van der Waals surface area contributed by atoms with Crippen molar-refractivity contribution in [2.75, 3.05) is 6.61 Å². The Balaban J connectivity index is 1.98. The Hall–Kier alpha value is -3.39. The lowest BCUT2D eigenvalue weighted by molar-refractivity contribution is -0.143. The van der Waals surface area contributed by atoms with Crippen LogP contribution >= 0.6 is 0 Å². The number of esters is 1. The molecule has 1 atom stereocenters. The maximum Gasteiger partial charge on any atom is 0.306 e. The highest BCUT2D eigenvalue weighted by molar-refractivity contribution is 5.84. The zero-order valence-corrected chi connectivity index (χ0v) is 17.1. The van der Waals surface area contributed by atoms with Crippen LogP contribution in [0.25, 0.3) is 10.9 Å². The summed E-state index contributed by atoms with van der Waals surface area (Å²) in [5, 5.41) is 20.7. The summed E-state index contributed by atoms with van der Waals surface area (Å²) in [6.45, 7) is 1.76. The fraction of sp³-hybridized carbons (Fsp3) is 0.348. The van der Waals surface area contributed by atoms with E-state index in [2.05, 4.69) is 0 Å². The van der Waals surface area contributed by atoms with Crippen LogP contribution < -0.4 is 11.0 Å². The predicted molar refractivity (Wildman–Crippen MR) is 112 cm³/mol. The van der Waals surface area contributed by atoms with Crippen molar-refractivity contribution in [3.63, 3.8) is 0 Å². The van der Waals surface area contributed by atoms with Crippen LogP contribution in [0.2, 0.25) is 0 Å². The molecule has 3 aromatic rings. The van der Waals surface area contributed by atoms with Crippen molar-refractivity contribution >= 4 is 16.9 Å². The first kappa shape index (κ1) is 20.9. The molecule has 0 saturated carbocycles. The van der Waals surface area contributed by atoms with Gasteiger partial charge in [-0.3, -0.25) is 14.4 Å². The summed E-state index contributed by atoms with van der Waals surface area (Å²) in [5.41, 5.74) is 1.07. The fourth-order valence-electron chi connectivity index (χ4n) is 4.24. The van der Waals surface area contributed by atoms with Crippen LogP contribution in [0.15, 0.2) is 44.3 Å². The molecule has 1 aliphatic heterocycles. The lowest BCUT2D eigenvalue weighted by Crippen LogP contribution is -2.30. The highest BCUT2D eigenvalue weighted by Crippen LogP contribution is 2.34. The van der Waals surface area contributed by atoms with Crippen molar-refractivity contribution in [1.29, 1.82) is 0 Å². The Morgan fingerprint density at radius 1 is 1.29 bits per heavy atom. The molecule has 0 amide bonds. The van der Waals surface area contributed by atoms with Crippen molar-refractivity contribution in [2.45, 2.75) is 45.3 Å². The van der Waals surface area contributed by atoms with Crippen LogP contribution in [-0.2, 0) is 29.1 Å². The molecule has 31 heavy (non-hydrogen) atoms. The zero-order valence-electron chi connectivity index (χ0n) is 17.1. The first-order chi connectivity index (χ1) is 14.9. The van der Waals surface area contributed by atoms with Crippen LogP contribution in [0.1, 0.15) is 48.3 Å². The van der Waals surface area contributed by atoms with E-state index in [1.807, 2.05) is 18.2 Å². The highest BCUT2D eigenvalue weighted by Gasteiger charge is 2.30. The monoisotopic (exact) mass is 425 g/mol. The number of rotatable bonds is 6. The summed E-state index contributed by atoms with van der Waals surface area (Å²) in [4.78, 5) is 38.0. The van der Waals surface area contributed by atoms with Crippen molar-refractivity contribution in [3.8, 4) is 5.75 Å². The molecule has 1 aromatic carbocycles. The second-order valence-electron chi connectivity index (χ2n) is 7.52. The van der Waals surface area contributed by atoms with E-state index in [4.69, 9.17) is 9.15 Å². The summed E-state index contributed by atoms with van der Waals surface area (Å²) in [7, 11) is 0. The summed E-state index contributed by atoms with van der Waals surface area (Å²) in [6.07, 6.45) is 1.37. The van der Waals surface area contributed by atoms with Crippen LogP contribution in [-0.4, -0.2) is 27.4 Å². The van der Waals surface area contributed by atoms with E-state index in [9.17, 15) is 24.6 Å². The van der Waals surface area contributed by atoms with Crippen molar-refractivity contribution in [1.82, 2.24) is 4.57 Å². The van der Waals surface area contributed by atoms with Gasteiger partial charge >= 0.3 is 5.97 Å². The number of para-hydroxylation sites is 1. The third kappa shape index (κ3) is 3.74. The van der Waals surface area contributed by atoms with Gasteiger partial charge in [0.2, 0.25) is 11.2 Å². The van der Waals surface area contributed by atoms with Gasteiger partial charge in [0, 0.05) is 18.2 Å². The predicted octanol–water partition coefficient (Wildman–Crippen LogP) is 2.18. The molecule has 0 unspecified atom stereocenters. The van der Waals surface area contributed by atoms with Gasteiger partial charge in [-0.05, 0) is 36.8 Å². The van der Waals surface area contributed by atoms with E-state index < -0.39 is 29.7 Å². The lowest BCUT2D eigenvalue weighted by Gasteiger charge is -2.23. The van der Waals surface area contributed by atoms with E-state index in [-0.39, 0.29) is 35.7 Å². The van der Waals surface area contributed by atoms with E-state index in [1.54, 1.807) is 17.6 Å². The van der Waals surface area contributed by atoms with Gasteiger partial charge in [0.25, 0.3) is 5.56 Å². The average Bonchev–Trinajstić information content (AvgIpc) is 2.77. The molecule has 3 heterocycles. The SMILES string of the molecule is CCOC(=O)C[C@H](c1oc(CO)cc(=O)c1O)c1cc2cccc3c2n(c1=O)CCC3. The van der Waals surface area contributed by atoms with Crippen molar-refractivity contribution in [2.24, 2.45) is 0 Å².